The summed E-state index contributed by atoms with van der Waals surface area (Å²) < 4.78 is 5.52. The highest BCUT2D eigenvalue weighted by Crippen LogP contribution is 2.39. The normalized spacial score (nSPS) is 17.7. The number of Topliss-reactive ketones (excluding diaryl/α,β-unsaturated/α-hetero) is 1. The zero-order valence-electron chi connectivity index (χ0n) is 15.7. The van der Waals surface area contributed by atoms with Crippen molar-refractivity contribution in [2.24, 2.45) is 5.92 Å². The van der Waals surface area contributed by atoms with E-state index in [9.17, 15) is 19.8 Å². The van der Waals surface area contributed by atoms with Gasteiger partial charge in [0, 0.05) is 19.1 Å². The number of nitrogens with zero attached hydrogens (tertiary/aromatic N) is 1. The minimum atomic E-state index is -0.705. The Hall–Kier alpha value is -2.34. The van der Waals surface area contributed by atoms with Gasteiger partial charge in [0.1, 0.15) is 5.75 Å². The SMILES string of the molecule is CC(C)OCCCN1C(=O)C(O)=C(C(=O)C(C)C)C1c1cccc(O)c1. The van der Waals surface area contributed by atoms with Crippen LogP contribution in [0, 0.1) is 5.92 Å². The van der Waals surface area contributed by atoms with Crippen molar-refractivity contribution in [2.75, 3.05) is 13.2 Å². The second kappa shape index (κ2) is 8.36. The lowest BCUT2D eigenvalue weighted by Crippen LogP contribution is -2.33. The molecule has 0 spiro atoms. The molecule has 0 saturated carbocycles. The average molecular weight is 361 g/mol. The number of carbonyl (C=O) groups is 2. The second-order valence-corrected chi connectivity index (χ2v) is 7.05. The third-order valence-electron chi connectivity index (χ3n) is 4.27. The van der Waals surface area contributed by atoms with Crippen LogP contribution < -0.4 is 0 Å². The third kappa shape index (κ3) is 4.25. The number of benzene rings is 1. The molecular weight excluding hydrogens is 334 g/mol. The first-order valence-electron chi connectivity index (χ1n) is 8.92. The van der Waals surface area contributed by atoms with Crippen molar-refractivity contribution in [3.8, 4) is 5.75 Å². The van der Waals surface area contributed by atoms with Gasteiger partial charge < -0.3 is 19.8 Å². The number of carbonyl (C=O) groups excluding carboxylic acids is 2. The van der Waals surface area contributed by atoms with Gasteiger partial charge in [-0.25, -0.2) is 0 Å². The monoisotopic (exact) mass is 361 g/mol. The molecule has 6 nitrogen and oxygen atoms in total. The van der Waals surface area contributed by atoms with Crippen LogP contribution in [0.1, 0.15) is 45.7 Å². The maximum absolute atomic E-state index is 12.7. The summed E-state index contributed by atoms with van der Waals surface area (Å²) in [5.74, 6) is -1.65. The van der Waals surface area contributed by atoms with Gasteiger partial charge in [-0.2, -0.15) is 0 Å². The lowest BCUT2D eigenvalue weighted by atomic mass is 9.91. The van der Waals surface area contributed by atoms with Crippen molar-refractivity contribution in [2.45, 2.75) is 46.3 Å². The summed E-state index contributed by atoms with van der Waals surface area (Å²) in [6.45, 7) is 8.14. The largest absolute Gasteiger partial charge is 0.508 e. The quantitative estimate of drug-likeness (QED) is 0.695. The summed E-state index contributed by atoms with van der Waals surface area (Å²) in [4.78, 5) is 26.7. The molecule has 1 aromatic carbocycles. The molecule has 6 heteroatoms. The van der Waals surface area contributed by atoms with E-state index in [4.69, 9.17) is 4.74 Å². The summed E-state index contributed by atoms with van der Waals surface area (Å²) in [5, 5.41) is 20.2. The van der Waals surface area contributed by atoms with E-state index in [1.807, 2.05) is 13.8 Å². The number of ether oxygens (including phenoxy) is 1. The van der Waals surface area contributed by atoms with Crippen molar-refractivity contribution >= 4 is 11.7 Å². The molecule has 2 N–H and O–H groups in total. The molecule has 0 aliphatic carbocycles. The first-order chi connectivity index (χ1) is 12.2. The lowest BCUT2D eigenvalue weighted by Gasteiger charge is -2.27. The van der Waals surface area contributed by atoms with Crippen LogP contribution >= 0.6 is 0 Å². The van der Waals surface area contributed by atoms with Crippen LogP contribution in [0.25, 0.3) is 0 Å². The molecule has 2 rings (SSSR count). The molecule has 1 unspecified atom stereocenters. The standard InChI is InChI=1S/C20H27NO5/c1-12(2)18(23)16-17(14-7-5-8-15(22)11-14)21(20(25)19(16)24)9-6-10-26-13(3)4/h5,7-8,11-13,17,22,24H,6,9-10H2,1-4H3. The van der Waals surface area contributed by atoms with Gasteiger partial charge in [-0.3, -0.25) is 9.59 Å². The molecule has 0 bridgehead atoms. The van der Waals surface area contributed by atoms with Crippen LogP contribution in [0.15, 0.2) is 35.6 Å². The van der Waals surface area contributed by atoms with Crippen molar-refractivity contribution in [3.05, 3.63) is 41.2 Å². The van der Waals surface area contributed by atoms with Gasteiger partial charge in [-0.15, -0.1) is 0 Å². The zero-order valence-corrected chi connectivity index (χ0v) is 15.7. The third-order valence-corrected chi connectivity index (χ3v) is 4.27. The van der Waals surface area contributed by atoms with E-state index >= 15 is 0 Å². The molecule has 1 atom stereocenters. The van der Waals surface area contributed by atoms with Gasteiger partial charge in [0.05, 0.1) is 17.7 Å². The Labute approximate surface area is 154 Å². The Morgan fingerprint density at radius 2 is 1.92 bits per heavy atom. The molecule has 0 fully saturated rings. The summed E-state index contributed by atoms with van der Waals surface area (Å²) >= 11 is 0. The highest BCUT2D eigenvalue weighted by atomic mass is 16.5. The summed E-state index contributed by atoms with van der Waals surface area (Å²) in [6, 6.07) is 5.73. The number of ketones is 1. The molecular formula is C20H27NO5. The Bertz CT molecular complexity index is 708. The lowest BCUT2D eigenvalue weighted by molar-refractivity contribution is -0.129. The number of phenols is 1. The molecule has 0 radical (unpaired) electrons. The Balaban J connectivity index is 2.35. The minimum absolute atomic E-state index is 0.0424. The first kappa shape index (κ1) is 20.0. The van der Waals surface area contributed by atoms with Gasteiger partial charge in [0.15, 0.2) is 11.5 Å². The highest BCUT2D eigenvalue weighted by molar-refractivity contribution is 6.09. The summed E-state index contributed by atoms with van der Waals surface area (Å²) in [7, 11) is 0. The number of hydrogen-bond acceptors (Lipinski definition) is 5. The van der Waals surface area contributed by atoms with Crippen LogP contribution in [-0.4, -0.2) is 46.1 Å². The van der Waals surface area contributed by atoms with E-state index in [2.05, 4.69) is 0 Å². The molecule has 1 aliphatic heterocycles. The van der Waals surface area contributed by atoms with Crippen LogP contribution in [-0.2, 0) is 14.3 Å². The Morgan fingerprint density at radius 1 is 1.23 bits per heavy atom. The van der Waals surface area contributed by atoms with E-state index in [-0.39, 0.29) is 29.1 Å². The van der Waals surface area contributed by atoms with Crippen molar-refractivity contribution in [1.29, 1.82) is 0 Å². The topological polar surface area (TPSA) is 87.1 Å². The molecule has 1 heterocycles. The van der Waals surface area contributed by atoms with E-state index in [1.54, 1.807) is 26.0 Å². The maximum atomic E-state index is 12.7. The molecule has 0 aromatic heterocycles. The number of hydrogen-bond donors (Lipinski definition) is 2. The molecule has 0 saturated heterocycles. The molecule has 1 aromatic rings. The number of aromatic hydroxyl groups is 1. The van der Waals surface area contributed by atoms with Crippen LogP contribution in [0.2, 0.25) is 0 Å². The fraction of sp³-hybridized carbons (Fsp3) is 0.500. The fourth-order valence-corrected chi connectivity index (χ4v) is 3.04. The van der Waals surface area contributed by atoms with Gasteiger partial charge >= 0.3 is 0 Å². The van der Waals surface area contributed by atoms with E-state index in [1.165, 1.54) is 17.0 Å². The van der Waals surface area contributed by atoms with Crippen LogP contribution in [0.4, 0.5) is 0 Å². The van der Waals surface area contributed by atoms with Crippen LogP contribution in [0.5, 0.6) is 5.75 Å². The average Bonchev–Trinajstić information content (AvgIpc) is 2.82. The predicted octanol–water partition coefficient (Wildman–Crippen LogP) is 3.13. The summed E-state index contributed by atoms with van der Waals surface area (Å²) in [6.07, 6.45) is 0.672. The Kier molecular flexibility index (Phi) is 6.42. The number of aliphatic hydroxyl groups is 1. The molecule has 142 valence electrons. The van der Waals surface area contributed by atoms with Gasteiger partial charge in [-0.1, -0.05) is 26.0 Å². The predicted molar refractivity (Wildman–Crippen MR) is 97.8 cm³/mol. The Morgan fingerprint density at radius 3 is 2.50 bits per heavy atom. The molecule has 26 heavy (non-hydrogen) atoms. The maximum Gasteiger partial charge on any atom is 0.290 e. The van der Waals surface area contributed by atoms with Gasteiger partial charge in [0.2, 0.25) is 0 Å². The zero-order chi connectivity index (χ0) is 19.4. The fourth-order valence-electron chi connectivity index (χ4n) is 3.04. The molecule has 1 aliphatic rings. The van der Waals surface area contributed by atoms with Crippen LogP contribution in [0.3, 0.4) is 0 Å². The highest BCUT2D eigenvalue weighted by Gasteiger charge is 2.43. The van der Waals surface area contributed by atoms with E-state index < -0.39 is 17.7 Å². The first-order valence-corrected chi connectivity index (χ1v) is 8.92. The van der Waals surface area contributed by atoms with Crippen molar-refractivity contribution < 1.29 is 24.5 Å². The number of amides is 1. The smallest absolute Gasteiger partial charge is 0.290 e. The minimum Gasteiger partial charge on any atom is -0.508 e. The number of phenolic OH excluding ortho intramolecular Hbond substituents is 1. The number of aliphatic hydroxyl groups excluding tert-OH is 1. The van der Waals surface area contributed by atoms with Gasteiger partial charge in [-0.05, 0) is 38.0 Å². The number of rotatable bonds is 8. The van der Waals surface area contributed by atoms with Crippen molar-refractivity contribution in [3.63, 3.8) is 0 Å². The van der Waals surface area contributed by atoms with E-state index in [0.717, 1.165) is 0 Å². The summed E-state index contributed by atoms with van der Waals surface area (Å²) in [5.41, 5.74) is 0.691. The van der Waals surface area contributed by atoms with Gasteiger partial charge in [0.25, 0.3) is 5.91 Å². The molecule has 1 amide bonds. The second-order valence-electron chi connectivity index (χ2n) is 7.05. The van der Waals surface area contributed by atoms with E-state index in [0.29, 0.717) is 25.1 Å². The van der Waals surface area contributed by atoms with Crippen molar-refractivity contribution in [1.82, 2.24) is 4.90 Å².